The SMILES string of the molecule is CCCc1cc(C)c(-c2cc3cnc(NC(=O)NCC)cc3n3ccnc23)cn1. The number of rotatable bonds is 5. The van der Waals surface area contributed by atoms with E-state index in [4.69, 9.17) is 0 Å². The van der Waals surface area contributed by atoms with Crippen LogP contribution in [0.4, 0.5) is 10.6 Å². The van der Waals surface area contributed by atoms with Crippen LogP contribution in [0.2, 0.25) is 0 Å². The molecule has 0 aliphatic heterocycles. The third-order valence-corrected chi connectivity index (χ3v) is 4.90. The average molecular weight is 388 g/mol. The Morgan fingerprint density at radius 2 is 1.93 bits per heavy atom. The van der Waals surface area contributed by atoms with E-state index >= 15 is 0 Å². The van der Waals surface area contributed by atoms with Crippen LogP contribution in [-0.4, -0.2) is 31.9 Å². The number of nitrogens with one attached hydrogen (secondary N) is 2. The van der Waals surface area contributed by atoms with Crippen molar-refractivity contribution >= 4 is 28.4 Å². The van der Waals surface area contributed by atoms with E-state index in [0.29, 0.717) is 12.4 Å². The Morgan fingerprint density at radius 3 is 2.69 bits per heavy atom. The van der Waals surface area contributed by atoms with E-state index in [1.807, 2.05) is 29.8 Å². The zero-order valence-electron chi connectivity index (χ0n) is 16.9. The Hall–Kier alpha value is -3.48. The Balaban J connectivity index is 1.82. The molecular formula is C22H24N6O. The van der Waals surface area contributed by atoms with E-state index in [-0.39, 0.29) is 6.03 Å². The summed E-state index contributed by atoms with van der Waals surface area (Å²) in [5.74, 6) is 0.493. The number of carbonyl (C=O) groups excluding carboxylic acids is 1. The average Bonchev–Trinajstić information content (AvgIpc) is 3.19. The van der Waals surface area contributed by atoms with E-state index in [0.717, 1.165) is 46.2 Å². The maximum atomic E-state index is 11.8. The van der Waals surface area contributed by atoms with Crippen LogP contribution in [0.3, 0.4) is 0 Å². The largest absolute Gasteiger partial charge is 0.338 e. The second-order valence-electron chi connectivity index (χ2n) is 7.03. The smallest absolute Gasteiger partial charge is 0.320 e. The summed E-state index contributed by atoms with van der Waals surface area (Å²) in [6.45, 7) is 6.69. The number of hydrogen-bond acceptors (Lipinski definition) is 4. The first-order chi connectivity index (χ1) is 14.1. The van der Waals surface area contributed by atoms with Crippen LogP contribution in [0, 0.1) is 6.92 Å². The second-order valence-corrected chi connectivity index (χ2v) is 7.03. The molecule has 0 aliphatic rings. The molecule has 7 heteroatoms. The zero-order chi connectivity index (χ0) is 20.4. The summed E-state index contributed by atoms with van der Waals surface area (Å²) in [7, 11) is 0. The molecule has 0 aromatic carbocycles. The van der Waals surface area contributed by atoms with Gasteiger partial charge in [0.05, 0.1) is 5.52 Å². The normalized spacial score (nSPS) is 11.1. The molecule has 0 atom stereocenters. The molecule has 4 aromatic rings. The fraction of sp³-hybridized carbons (Fsp3) is 0.273. The lowest BCUT2D eigenvalue weighted by Crippen LogP contribution is -2.28. The molecule has 148 valence electrons. The van der Waals surface area contributed by atoms with Gasteiger partial charge >= 0.3 is 6.03 Å². The number of urea groups is 1. The van der Waals surface area contributed by atoms with Crippen molar-refractivity contribution in [2.75, 3.05) is 11.9 Å². The monoisotopic (exact) mass is 388 g/mol. The maximum Gasteiger partial charge on any atom is 0.320 e. The van der Waals surface area contributed by atoms with Gasteiger partial charge in [-0.1, -0.05) is 13.3 Å². The van der Waals surface area contributed by atoms with Gasteiger partial charge in [0.1, 0.15) is 11.5 Å². The van der Waals surface area contributed by atoms with E-state index in [1.165, 1.54) is 5.56 Å². The first-order valence-corrected chi connectivity index (χ1v) is 9.87. The zero-order valence-corrected chi connectivity index (χ0v) is 16.9. The molecule has 0 saturated carbocycles. The number of fused-ring (bicyclic) bond motifs is 3. The molecule has 0 spiro atoms. The minimum Gasteiger partial charge on any atom is -0.338 e. The number of anilines is 1. The molecule has 2 N–H and O–H groups in total. The van der Waals surface area contributed by atoms with Gasteiger partial charge in [0.25, 0.3) is 0 Å². The highest BCUT2D eigenvalue weighted by Gasteiger charge is 2.14. The molecule has 2 amide bonds. The third kappa shape index (κ3) is 3.63. The van der Waals surface area contributed by atoms with E-state index < -0.39 is 0 Å². The summed E-state index contributed by atoms with van der Waals surface area (Å²) in [6, 6.07) is 5.83. The number of nitrogens with zero attached hydrogens (tertiary/aromatic N) is 4. The molecule has 7 nitrogen and oxygen atoms in total. The summed E-state index contributed by atoms with van der Waals surface area (Å²) in [5.41, 5.74) is 6.14. The van der Waals surface area contributed by atoms with Crippen molar-refractivity contribution in [3.63, 3.8) is 0 Å². The third-order valence-electron chi connectivity index (χ3n) is 4.90. The van der Waals surface area contributed by atoms with Crippen molar-refractivity contribution < 1.29 is 4.79 Å². The Bertz CT molecular complexity index is 1200. The molecule has 29 heavy (non-hydrogen) atoms. The molecular weight excluding hydrogens is 364 g/mol. The Kier molecular flexibility index (Phi) is 5.12. The van der Waals surface area contributed by atoms with Gasteiger partial charge in [0.2, 0.25) is 0 Å². The summed E-state index contributed by atoms with van der Waals surface area (Å²) in [4.78, 5) is 25.4. The van der Waals surface area contributed by atoms with Gasteiger partial charge < -0.3 is 5.32 Å². The van der Waals surface area contributed by atoms with Crippen LogP contribution < -0.4 is 10.6 Å². The molecule has 0 radical (unpaired) electrons. The van der Waals surface area contributed by atoms with Crippen molar-refractivity contribution in [2.45, 2.75) is 33.6 Å². The standard InChI is InChI=1S/C22H24N6O/c1-4-6-16-9-14(3)18(13-25-16)17-10-15-12-26-20(27-22(29)23-5-2)11-19(15)28-8-7-24-21(17)28/h7-13H,4-6H2,1-3H3,(H2,23,26,27,29). The van der Waals surface area contributed by atoms with Gasteiger partial charge in [-0.3, -0.25) is 14.7 Å². The lowest BCUT2D eigenvalue weighted by atomic mass is 10.0. The van der Waals surface area contributed by atoms with Crippen molar-refractivity contribution in [1.29, 1.82) is 0 Å². The highest BCUT2D eigenvalue weighted by molar-refractivity contribution is 5.95. The van der Waals surface area contributed by atoms with Crippen LogP contribution in [0.25, 0.3) is 27.7 Å². The van der Waals surface area contributed by atoms with Crippen molar-refractivity contribution in [1.82, 2.24) is 24.7 Å². The maximum absolute atomic E-state index is 11.8. The molecule has 4 rings (SSSR count). The molecule has 4 aromatic heterocycles. The first-order valence-electron chi connectivity index (χ1n) is 9.87. The summed E-state index contributed by atoms with van der Waals surface area (Å²) >= 11 is 0. The van der Waals surface area contributed by atoms with E-state index in [1.54, 1.807) is 12.4 Å². The number of imidazole rings is 1. The number of carbonyl (C=O) groups is 1. The fourth-order valence-corrected chi connectivity index (χ4v) is 3.57. The predicted molar refractivity (Wildman–Crippen MR) is 115 cm³/mol. The number of amides is 2. The lowest BCUT2D eigenvalue weighted by molar-refractivity contribution is 0.252. The topological polar surface area (TPSA) is 84.2 Å². The van der Waals surface area contributed by atoms with Crippen molar-refractivity contribution in [3.05, 3.63) is 54.2 Å². The van der Waals surface area contributed by atoms with Crippen LogP contribution in [0.15, 0.2) is 43.0 Å². The van der Waals surface area contributed by atoms with Crippen molar-refractivity contribution in [2.24, 2.45) is 0 Å². The van der Waals surface area contributed by atoms with Gasteiger partial charge in [-0.25, -0.2) is 14.8 Å². The summed E-state index contributed by atoms with van der Waals surface area (Å²) in [5, 5.41) is 6.43. The minimum absolute atomic E-state index is 0.272. The van der Waals surface area contributed by atoms with Crippen LogP contribution in [-0.2, 0) is 6.42 Å². The first kappa shape index (κ1) is 18.9. The second kappa shape index (κ2) is 7.87. The van der Waals surface area contributed by atoms with Gasteiger partial charge in [-0.15, -0.1) is 0 Å². The van der Waals surface area contributed by atoms with Gasteiger partial charge in [-0.2, -0.15) is 0 Å². The number of hydrogen-bond donors (Lipinski definition) is 2. The van der Waals surface area contributed by atoms with Crippen LogP contribution >= 0.6 is 0 Å². The van der Waals surface area contributed by atoms with E-state index in [9.17, 15) is 4.79 Å². The Morgan fingerprint density at radius 1 is 1.07 bits per heavy atom. The molecule has 4 heterocycles. The van der Waals surface area contributed by atoms with Crippen LogP contribution in [0.1, 0.15) is 31.5 Å². The molecule has 0 unspecified atom stereocenters. The Labute approximate surface area is 169 Å². The molecule has 0 saturated heterocycles. The predicted octanol–water partition coefficient (Wildman–Crippen LogP) is 4.35. The molecule has 0 aliphatic carbocycles. The fourth-order valence-electron chi connectivity index (χ4n) is 3.57. The lowest BCUT2D eigenvalue weighted by Gasteiger charge is -2.12. The number of pyridine rings is 3. The minimum atomic E-state index is -0.272. The highest BCUT2D eigenvalue weighted by Crippen LogP contribution is 2.31. The summed E-state index contributed by atoms with van der Waals surface area (Å²) in [6.07, 6.45) is 9.46. The summed E-state index contributed by atoms with van der Waals surface area (Å²) < 4.78 is 2.02. The van der Waals surface area contributed by atoms with Crippen LogP contribution in [0.5, 0.6) is 0 Å². The molecule has 0 fully saturated rings. The number of aryl methyl sites for hydroxylation is 2. The quantitative estimate of drug-likeness (QED) is 0.532. The van der Waals surface area contributed by atoms with Gasteiger partial charge in [0.15, 0.2) is 0 Å². The van der Waals surface area contributed by atoms with Crippen molar-refractivity contribution in [3.8, 4) is 11.1 Å². The highest BCUT2D eigenvalue weighted by atomic mass is 16.2. The number of aromatic nitrogens is 4. The molecule has 0 bridgehead atoms. The van der Waals surface area contributed by atoms with Gasteiger partial charge in [0, 0.05) is 59.6 Å². The van der Waals surface area contributed by atoms with Gasteiger partial charge in [-0.05, 0) is 38.0 Å². The van der Waals surface area contributed by atoms with E-state index in [2.05, 4.69) is 51.6 Å².